The van der Waals surface area contributed by atoms with Crippen LogP contribution in [0, 0.1) is 0 Å². The highest BCUT2D eigenvalue weighted by atomic mass is 35.5. The van der Waals surface area contributed by atoms with Gasteiger partial charge in [-0.25, -0.2) is 9.50 Å². The minimum absolute atomic E-state index is 0. The van der Waals surface area contributed by atoms with E-state index in [9.17, 15) is 0 Å². The van der Waals surface area contributed by atoms with Crippen LogP contribution >= 0.6 is 24.8 Å². The molecule has 0 aliphatic heterocycles. The Morgan fingerprint density at radius 1 is 0.971 bits per heavy atom. The quantitative estimate of drug-likeness (QED) is 0.258. The molecule has 2 aromatic carbocycles. The summed E-state index contributed by atoms with van der Waals surface area (Å²) in [6, 6.07) is 20.4. The van der Waals surface area contributed by atoms with Crippen molar-refractivity contribution in [3.05, 3.63) is 78.2 Å². The van der Waals surface area contributed by atoms with Crippen molar-refractivity contribution in [2.45, 2.75) is 25.9 Å². The predicted molar refractivity (Wildman–Crippen MR) is 146 cm³/mol. The Labute approximate surface area is 218 Å². The monoisotopic (exact) mass is 517 g/mol. The molecule has 4 rings (SSSR count). The van der Waals surface area contributed by atoms with Gasteiger partial charge in [0.15, 0.2) is 5.82 Å². The second kappa shape index (κ2) is 14.5. The summed E-state index contributed by atoms with van der Waals surface area (Å²) in [6.45, 7) is 3.20. The lowest BCUT2D eigenvalue weighted by Gasteiger charge is -2.08. The molecule has 9 heteroatoms. The van der Waals surface area contributed by atoms with E-state index < -0.39 is 0 Å². The zero-order valence-electron chi connectivity index (χ0n) is 19.9. The first-order valence-electron chi connectivity index (χ1n) is 11.3. The van der Waals surface area contributed by atoms with Crippen molar-refractivity contribution in [3.63, 3.8) is 0 Å². The molecule has 0 amide bonds. The van der Waals surface area contributed by atoms with Gasteiger partial charge in [-0.05, 0) is 61.7 Å². The Balaban J connectivity index is 0.00000216. The molecule has 0 atom stereocenters. The lowest BCUT2D eigenvalue weighted by molar-refractivity contribution is 0.194. The van der Waals surface area contributed by atoms with Gasteiger partial charge in [0.25, 0.3) is 0 Å². The molecule has 188 valence electrons. The molecule has 0 bridgehead atoms. The lowest BCUT2D eigenvalue weighted by atomic mass is 10.1. The van der Waals surface area contributed by atoms with Crippen LogP contribution in [0.5, 0.6) is 5.75 Å². The van der Waals surface area contributed by atoms with E-state index >= 15 is 0 Å². The summed E-state index contributed by atoms with van der Waals surface area (Å²) in [6.07, 6.45) is 4.42. The van der Waals surface area contributed by atoms with Gasteiger partial charge in [0.05, 0.1) is 0 Å². The SMILES string of the molecule is COCCCNCCCc1cc(-c2cccc(OCc3ccccc3)c2)c2c(N)ncnn12.Cl.Cl. The standard InChI is InChI=1S/C26H31N5O2.2ClH/c1-32-15-7-14-28-13-6-11-22-17-24(25-26(27)29-19-30-31(22)25)21-10-5-12-23(16-21)33-18-20-8-3-2-4-9-20;;/h2-5,8-10,12,16-17,19,28H,6-7,11,13-15,18H2,1H3,(H2,27,29,30);2*1H. The van der Waals surface area contributed by atoms with Crippen LogP contribution in [0.1, 0.15) is 24.1 Å². The highest BCUT2D eigenvalue weighted by molar-refractivity contribution is 5.88. The first kappa shape index (κ1) is 28.4. The third kappa shape index (κ3) is 7.57. The van der Waals surface area contributed by atoms with Crippen LogP contribution in [0.2, 0.25) is 0 Å². The Morgan fingerprint density at radius 3 is 2.57 bits per heavy atom. The van der Waals surface area contributed by atoms with E-state index in [0.29, 0.717) is 12.4 Å². The number of nitrogen functional groups attached to an aromatic ring is 1. The van der Waals surface area contributed by atoms with E-state index in [1.54, 1.807) is 7.11 Å². The van der Waals surface area contributed by atoms with Crippen molar-refractivity contribution in [1.29, 1.82) is 0 Å². The highest BCUT2D eigenvalue weighted by Gasteiger charge is 2.15. The lowest BCUT2D eigenvalue weighted by Crippen LogP contribution is -2.18. The molecule has 0 saturated heterocycles. The largest absolute Gasteiger partial charge is 0.489 e. The molecule has 0 unspecified atom stereocenters. The number of benzene rings is 2. The molecule has 2 heterocycles. The normalized spacial score (nSPS) is 10.5. The maximum Gasteiger partial charge on any atom is 0.151 e. The van der Waals surface area contributed by atoms with Gasteiger partial charge < -0.3 is 20.5 Å². The minimum atomic E-state index is 0. The van der Waals surface area contributed by atoms with E-state index in [-0.39, 0.29) is 24.8 Å². The summed E-state index contributed by atoms with van der Waals surface area (Å²) in [4.78, 5) is 4.23. The Morgan fingerprint density at radius 2 is 1.77 bits per heavy atom. The second-order valence-corrected chi connectivity index (χ2v) is 7.96. The van der Waals surface area contributed by atoms with Gasteiger partial charge in [0, 0.05) is 25.0 Å². The summed E-state index contributed by atoms with van der Waals surface area (Å²) in [5.41, 5.74) is 11.4. The van der Waals surface area contributed by atoms with Crippen LogP contribution in [0.4, 0.5) is 5.82 Å². The van der Waals surface area contributed by atoms with E-state index in [1.165, 1.54) is 6.33 Å². The number of rotatable bonds is 12. The molecule has 0 aliphatic rings. The summed E-state index contributed by atoms with van der Waals surface area (Å²) in [5.74, 6) is 1.28. The van der Waals surface area contributed by atoms with Crippen LogP contribution in [-0.2, 0) is 17.8 Å². The third-order valence-electron chi connectivity index (χ3n) is 5.54. The molecule has 7 nitrogen and oxygen atoms in total. The molecule has 0 aliphatic carbocycles. The summed E-state index contributed by atoms with van der Waals surface area (Å²) in [5, 5.41) is 7.94. The van der Waals surface area contributed by atoms with Gasteiger partial charge in [-0.15, -0.1) is 24.8 Å². The number of ether oxygens (including phenoxy) is 2. The molecular weight excluding hydrogens is 485 g/mol. The number of hydrogen-bond acceptors (Lipinski definition) is 6. The van der Waals surface area contributed by atoms with Gasteiger partial charge in [-0.3, -0.25) is 0 Å². The van der Waals surface area contributed by atoms with Crippen molar-refractivity contribution in [3.8, 4) is 16.9 Å². The Hall–Kier alpha value is -2.84. The van der Waals surface area contributed by atoms with Gasteiger partial charge in [-0.1, -0.05) is 42.5 Å². The number of fused-ring (bicyclic) bond motifs is 1. The van der Waals surface area contributed by atoms with Crippen LogP contribution in [0.3, 0.4) is 0 Å². The molecule has 3 N–H and O–H groups in total. The zero-order valence-corrected chi connectivity index (χ0v) is 21.5. The average Bonchev–Trinajstić information content (AvgIpc) is 3.23. The fourth-order valence-electron chi connectivity index (χ4n) is 3.89. The van der Waals surface area contributed by atoms with Crippen molar-refractivity contribution in [2.75, 3.05) is 32.5 Å². The third-order valence-corrected chi connectivity index (χ3v) is 5.54. The van der Waals surface area contributed by atoms with E-state index in [4.69, 9.17) is 15.2 Å². The van der Waals surface area contributed by atoms with E-state index in [0.717, 1.165) is 72.6 Å². The van der Waals surface area contributed by atoms with Crippen LogP contribution in [0.25, 0.3) is 16.6 Å². The maximum absolute atomic E-state index is 6.28. The molecule has 0 spiro atoms. The number of nitrogens with zero attached hydrogens (tertiary/aromatic N) is 3. The number of aryl methyl sites for hydroxylation is 1. The minimum Gasteiger partial charge on any atom is -0.489 e. The van der Waals surface area contributed by atoms with Gasteiger partial charge >= 0.3 is 0 Å². The number of hydrogen-bond donors (Lipinski definition) is 2. The molecule has 0 saturated carbocycles. The average molecular weight is 518 g/mol. The second-order valence-electron chi connectivity index (χ2n) is 7.96. The van der Waals surface area contributed by atoms with Crippen LogP contribution in [-0.4, -0.2) is 41.4 Å². The Bertz CT molecular complexity index is 1170. The van der Waals surface area contributed by atoms with Gasteiger partial charge in [0.2, 0.25) is 0 Å². The maximum atomic E-state index is 6.28. The number of halogens is 2. The molecule has 2 aromatic heterocycles. The number of nitrogens with one attached hydrogen (secondary N) is 1. The topological polar surface area (TPSA) is 86.7 Å². The Kier molecular flexibility index (Phi) is 11.8. The van der Waals surface area contributed by atoms with Gasteiger partial charge in [0.1, 0.15) is 24.2 Å². The van der Waals surface area contributed by atoms with Crippen LogP contribution in [0.15, 0.2) is 67.0 Å². The fourth-order valence-corrected chi connectivity index (χ4v) is 3.89. The van der Waals surface area contributed by atoms with Gasteiger partial charge in [-0.2, -0.15) is 5.10 Å². The molecular formula is C26H33Cl2N5O2. The molecule has 4 aromatic rings. The number of anilines is 1. The first-order valence-corrected chi connectivity index (χ1v) is 11.3. The molecule has 0 radical (unpaired) electrons. The number of aromatic nitrogens is 3. The highest BCUT2D eigenvalue weighted by Crippen LogP contribution is 2.32. The van der Waals surface area contributed by atoms with Crippen molar-refractivity contribution >= 4 is 36.1 Å². The molecule has 0 fully saturated rings. The summed E-state index contributed by atoms with van der Waals surface area (Å²) in [7, 11) is 1.73. The smallest absolute Gasteiger partial charge is 0.151 e. The van der Waals surface area contributed by atoms with E-state index in [2.05, 4.69) is 39.7 Å². The number of methoxy groups -OCH3 is 1. The van der Waals surface area contributed by atoms with Crippen molar-refractivity contribution < 1.29 is 9.47 Å². The number of nitrogens with two attached hydrogens (primary N) is 1. The summed E-state index contributed by atoms with van der Waals surface area (Å²) < 4.78 is 13.0. The predicted octanol–water partition coefficient (Wildman–Crippen LogP) is 4.96. The van der Waals surface area contributed by atoms with Crippen molar-refractivity contribution in [1.82, 2.24) is 19.9 Å². The van der Waals surface area contributed by atoms with Crippen molar-refractivity contribution in [2.24, 2.45) is 0 Å². The summed E-state index contributed by atoms with van der Waals surface area (Å²) >= 11 is 0. The van der Waals surface area contributed by atoms with Crippen LogP contribution < -0.4 is 15.8 Å². The zero-order chi connectivity index (χ0) is 22.9. The fraction of sp³-hybridized carbons (Fsp3) is 0.308. The first-order chi connectivity index (χ1) is 16.3. The molecule has 35 heavy (non-hydrogen) atoms. The van der Waals surface area contributed by atoms with E-state index in [1.807, 2.05) is 40.9 Å².